The van der Waals surface area contributed by atoms with Gasteiger partial charge >= 0.3 is 0 Å². The fourth-order valence-electron chi connectivity index (χ4n) is 3.35. The third kappa shape index (κ3) is 1.73. The number of nitrogens with zero attached hydrogens (tertiary/aromatic N) is 1. The number of ether oxygens (including phenoxy) is 1. The molecule has 104 valence electrons. The standard InChI is InChI=1S/C15H16FN3O/c16-10-7-11(17)9-2-1-5-18-14(9)15(10)19-12-6-8-3-4-13(12)20-8/h1-2,5,7-8,12-13,19H,3-4,6,17H2. The average molecular weight is 273 g/mol. The minimum Gasteiger partial charge on any atom is -0.398 e. The Morgan fingerprint density at radius 3 is 3.05 bits per heavy atom. The number of aromatic nitrogens is 1. The van der Waals surface area contributed by atoms with Crippen LogP contribution in [0, 0.1) is 5.82 Å². The van der Waals surface area contributed by atoms with E-state index >= 15 is 0 Å². The summed E-state index contributed by atoms with van der Waals surface area (Å²) >= 11 is 0. The summed E-state index contributed by atoms with van der Waals surface area (Å²) in [6.45, 7) is 0. The first-order chi connectivity index (χ1) is 9.72. The Hall–Kier alpha value is -1.88. The topological polar surface area (TPSA) is 60.2 Å². The molecule has 0 saturated carbocycles. The first-order valence-corrected chi connectivity index (χ1v) is 6.97. The maximum atomic E-state index is 14.3. The van der Waals surface area contributed by atoms with Crippen LogP contribution in [0.4, 0.5) is 15.8 Å². The van der Waals surface area contributed by atoms with E-state index in [1.807, 2.05) is 6.07 Å². The molecule has 2 bridgehead atoms. The third-order valence-electron chi connectivity index (χ3n) is 4.31. The number of rotatable bonds is 2. The number of fused-ring (bicyclic) bond motifs is 3. The van der Waals surface area contributed by atoms with Gasteiger partial charge in [0, 0.05) is 17.3 Å². The van der Waals surface area contributed by atoms with E-state index in [1.54, 1.807) is 12.3 Å². The first kappa shape index (κ1) is 11.9. The van der Waals surface area contributed by atoms with E-state index < -0.39 is 0 Å². The second kappa shape index (κ2) is 4.31. The van der Waals surface area contributed by atoms with E-state index in [1.165, 1.54) is 6.07 Å². The van der Waals surface area contributed by atoms with E-state index in [9.17, 15) is 4.39 Å². The van der Waals surface area contributed by atoms with Gasteiger partial charge in [-0.15, -0.1) is 0 Å². The fraction of sp³-hybridized carbons (Fsp3) is 0.400. The molecule has 20 heavy (non-hydrogen) atoms. The molecule has 0 radical (unpaired) electrons. The highest BCUT2D eigenvalue weighted by Gasteiger charge is 2.41. The van der Waals surface area contributed by atoms with Crippen molar-refractivity contribution in [3.8, 4) is 0 Å². The second-order valence-corrected chi connectivity index (χ2v) is 5.58. The van der Waals surface area contributed by atoms with Gasteiger partial charge in [0.25, 0.3) is 0 Å². The van der Waals surface area contributed by atoms with Crippen molar-refractivity contribution in [3.63, 3.8) is 0 Å². The highest BCUT2D eigenvalue weighted by Crippen LogP contribution is 2.38. The first-order valence-electron chi connectivity index (χ1n) is 6.97. The van der Waals surface area contributed by atoms with Gasteiger partial charge in [0.05, 0.1) is 29.5 Å². The number of nitrogen functional groups attached to an aromatic ring is 1. The molecule has 0 amide bonds. The monoisotopic (exact) mass is 273 g/mol. The highest BCUT2D eigenvalue weighted by molar-refractivity contribution is 5.98. The summed E-state index contributed by atoms with van der Waals surface area (Å²) in [6, 6.07) is 5.19. The zero-order valence-corrected chi connectivity index (χ0v) is 11.0. The molecule has 1 aromatic heterocycles. The van der Waals surface area contributed by atoms with Crippen molar-refractivity contribution in [2.75, 3.05) is 11.1 Å². The Balaban J connectivity index is 1.76. The molecule has 1 aromatic carbocycles. The second-order valence-electron chi connectivity index (χ2n) is 5.58. The van der Waals surface area contributed by atoms with Crippen LogP contribution >= 0.6 is 0 Å². The van der Waals surface area contributed by atoms with Crippen LogP contribution in [-0.4, -0.2) is 23.2 Å². The van der Waals surface area contributed by atoms with Gasteiger partial charge in [-0.3, -0.25) is 4.98 Å². The van der Waals surface area contributed by atoms with E-state index in [-0.39, 0.29) is 18.0 Å². The van der Waals surface area contributed by atoms with Gasteiger partial charge < -0.3 is 15.8 Å². The van der Waals surface area contributed by atoms with Gasteiger partial charge in [0.15, 0.2) is 5.82 Å². The number of halogens is 1. The molecule has 2 saturated heterocycles. The summed E-state index contributed by atoms with van der Waals surface area (Å²) in [5.74, 6) is -0.350. The number of anilines is 2. The number of pyridine rings is 1. The Labute approximate surface area is 116 Å². The van der Waals surface area contributed by atoms with Crippen molar-refractivity contribution < 1.29 is 9.13 Å². The van der Waals surface area contributed by atoms with Crippen molar-refractivity contribution in [3.05, 3.63) is 30.2 Å². The van der Waals surface area contributed by atoms with Crippen LogP contribution in [0.5, 0.6) is 0 Å². The molecule has 2 aliphatic heterocycles. The summed E-state index contributed by atoms with van der Waals surface area (Å²) in [5, 5.41) is 4.07. The minimum absolute atomic E-state index is 0.164. The number of hydrogen-bond donors (Lipinski definition) is 2. The smallest absolute Gasteiger partial charge is 0.150 e. The van der Waals surface area contributed by atoms with Crippen molar-refractivity contribution in [2.24, 2.45) is 0 Å². The van der Waals surface area contributed by atoms with Crippen LogP contribution in [0.15, 0.2) is 24.4 Å². The van der Waals surface area contributed by atoms with Crippen LogP contribution in [-0.2, 0) is 4.74 Å². The zero-order valence-electron chi connectivity index (χ0n) is 11.0. The van der Waals surface area contributed by atoms with Crippen LogP contribution in [0.25, 0.3) is 10.9 Å². The molecule has 5 heteroatoms. The van der Waals surface area contributed by atoms with Gasteiger partial charge in [0.1, 0.15) is 0 Å². The number of nitrogens with two attached hydrogens (primary N) is 1. The van der Waals surface area contributed by atoms with Crippen LogP contribution < -0.4 is 11.1 Å². The molecule has 4 rings (SSSR count). The van der Waals surface area contributed by atoms with Crippen molar-refractivity contribution in [1.82, 2.24) is 4.98 Å². The Bertz CT molecular complexity index is 675. The predicted molar refractivity (Wildman–Crippen MR) is 76.0 cm³/mol. The van der Waals surface area contributed by atoms with Gasteiger partial charge in [-0.25, -0.2) is 4.39 Å². The largest absolute Gasteiger partial charge is 0.398 e. The normalized spacial score (nSPS) is 28.1. The van der Waals surface area contributed by atoms with E-state index in [0.29, 0.717) is 23.0 Å². The Morgan fingerprint density at radius 1 is 1.40 bits per heavy atom. The summed E-state index contributed by atoms with van der Waals surface area (Å²) in [5.41, 5.74) is 7.31. The maximum absolute atomic E-state index is 14.3. The highest BCUT2D eigenvalue weighted by atomic mass is 19.1. The molecular formula is C15H16FN3O. The lowest BCUT2D eigenvalue weighted by Crippen LogP contribution is -2.31. The average Bonchev–Trinajstić information content (AvgIpc) is 3.06. The van der Waals surface area contributed by atoms with Crippen molar-refractivity contribution in [2.45, 2.75) is 37.5 Å². The number of benzene rings is 1. The van der Waals surface area contributed by atoms with Crippen molar-refractivity contribution >= 4 is 22.3 Å². The van der Waals surface area contributed by atoms with E-state index in [0.717, 1.165) is 24.6 Å². The quantitative estimate of drug-likeness (QED) is 0.826. The molecule has 2 aliphatic rings. The van der Waals surface area contributed by atoms with E-state index in [4.69, 9.17) is 10.5 Å². The maximum Gasteiger partial charge on any atom is 0.150 e. The zero-order chi connectivity index (χ0) is 13.7. The predicted octanol–water partition coefficient (Wildman–Crippen LogP) is 2.69. The lowest BCUT2D eigenvalue weighted by Gasteiger charge is -2.22. The molecule has 3 atom stereocenters. The van der Waals surface area contributed by atoms with Crippen LogP contribution in [0.2, 0.25) is 0 Å². The molecule has 3 heterocycles. The lowest BCUT2D eigenvalue weighted by atomic mass is 9.95. The third-order valence-corrected chi connectivity index (χ3v) is 4.31. The lowest BCUT2D eigenvalue weighted by molar-refractivity contribution is 0.102. The van der Waals surface area contributed by atoms with Gasteiger partial charge in [-0.1, -0.05) is 0 Å². The fourth-order valence-corrected chi connectivity index (χ4v) is 3.35. The summed E-state index contributed by atoms with van der Waals surface area (Å²) in [6.07, 6.45) is 5.27. The molecule has 0 spiro atoms. The molecular weight excluding hydrogens is 257 g/mol. The van der Waals surface area contributed by atoms with E-state index in [2.05, 4.69) is 10.3 Å². The van der Waals surface area contributed by atoms with Gasteiger partial charge in [-0.05, 0) is 37.5 Å². The number of nitrogens with one attached hydrogen (secondary N) is 1. The Morgan fingerprint density at radius 2 is 2.30 bits per heavy atom. The van der Waals surface area contributed by atoms with Gasteiger partial charge in [-0.2, -0.15) is 0 Å². The number of hydrogen-bond acceptors (Lipinski definition) is 4. The summed E-state index contributed by atoms with van der Waals surface area (Å²) in [4.78, 5) is 4.28. The van der Waals surface area contributed by atoms with Crippen LogP contribution in [0.3, 0.4) is 0 Å². The molecule has 3 N–H and O–H groups in total. The molecule has 3 unspecified atom stereocenters. The Kier molecular flexibility index (Phi) is 2.57. The minimum atomic E-state index is -0.350. The summed E-state index contributed by atoms with van der Waals surface area (Å²) in [7, 11) is 0. The molecule has 2 fully saturated rings. The van der Waals surface area contributed by atoms with Crippen molar-refractivity contribution in [1.29, 1.82) is 0 Å². The van der Waals surface area contributed by atoms with Gasteiger partial charge in [0.2, 0.25) is 0 Å². The SMILES string of the molecule is Nc1cc(F)c(NC2CC3CCC2O3)c2ncccc12. The summed E-state index contributed by atoms with van der Waals surface area (Å²) < 4.78 is 20.1. The molecule has 4 nitrogen and oxygen atoms in total. The molecule has 0 aliphatic carbocycles. The van der Waals surface area contributed by atoms with Crippen LogP contribution in [0.1, 0.15) is 19.3 Å². The molecule has 2 aromatic rings.